The van der Waals surface area contributed by atoms with Crippen molar-refractivity contribution in [3.63, 3.8) is 0 Å². The van der Waals surface area contributed by atoms with Crippen molar-refractivity contribution >= 4 is 23.2 Å². The van der Waals surface area contributed by atoms with Crippen molar-refractivity contribution in [2.24, 2.45) is 5.92 Å². The van der Waals surface area contributed by atoms with Crippen molar-refractivity contribution in [2.75, 3.05) is 26.8 Å². The first-order valence-corrected chi connectivity index (χ1v) is 12.8. The van der Waals surface area contributed by atoms with Gasteiger partial charge in [0.2, 0.25) is 11.8 Å². The highest BCUT2D eigenvalue weighted by atomic mass is 32.1. The quantitative estimate of drug-likeness (QED) is 0.562. The maximum absolute atomic E-state index is 13.5. The molecule has 2 aromatic rings. The zero-order valence-electron chi connectivity index (χ0n) is 19.8. The lowest BCUT2D eigenvalue weighted by atomic mass is 10.00. The maximum atomic E-state index is 13.5. The number of benzene rings is 1. The van der Waals surface area contributed by atoms with Gasteiger partial charge >= 0.3 is 0 Å². The number of carbonyl (C=O) groups excluding carboxylic acids is 2. The van der Waals surface area contributed by atoms with E-state index >= 15 is 0 Å². The standard InChI is InChI=1S/C26H34N2O4S/c1-18(2)28(26(30)19-7-4-5-8-19)16-25(29)27-13-11-24-22(12-14-33-24)23(27)17-32-21-10-6-9-20(15-21)31-3/h6,9-10,12,14-15,18-19,23H,4-5,7-8,11,13,16-17H2,1-3H3/t23-/m1/s1. The molecule has 0 bridgehead atoms. The molecule has 1 aliphatic carbocycles. The van der Waals surface area contributed by atoms with Crippen molar-refractivity contribution in [3.8, 4) is 11.5 Å². The molecule has 0 spiro atoms. The minimum Gasteiger partial charge on any atom is -0.497 e. The van der Waals surface area contributed by atoms with Crippen LogP contribution in [0.4, 0.5) is 0 Å². The molecule has 1 saturated carbocycles. The summed E-state index contributed by atoms with van der Waals surface area (Å²) in [6.07, 6.45) is 4.93. The van der Waals surface area contributed by atoms with Gasteiger partial charge in [-0.2, -0.15) is 0 Å². The van der Waals surface area contributed by atoms with Crippen molar-refractivity contribution in [1.82, 2.24) is 9.80 Å². The van der Waals surface area contributed by atoms with Crippen molar-refractivity contribution < 1.29 is 19.1 Å². The molecule has 4 rings (SSSR count). The van der Waals surface area contributed by atoms with Crippen LogP contribution >= 0.6 is 11.3 Å². The molecule has 0 unspecified atom stereocenters. The molecule has 7 heteroatoms. The molecule has 0 N–H and O–H groups in total. The van der Waals surface area contributed by atoms with E-state index in [4.69, 9.17) is 9.47 Å². The number of amides is 2. The summed E-state index contributed by atoms with van der Waals surface area (Å²) in [6.45, 7) is 5.12. The summed E-state index contributed by atoms with van der Waals surface area (Å²) >= 11 is 1.73. The molecule has 0 radical (unpaired) electrons. The molecule has 33 heavy (non-hydrogen) atoms. The molecule has 2 amide bonds. The number of carbonyl (C=O) groups is 2. The lowest BCUT2D eigenvalue weighted by Crippen LogP contribution is -2.50. The topological polar surface area (TPSA) is 59.1 Å². The molecule has 6 nitrogen and oxygen atoms in total. The van der Waals surface area contributed by atoms with Gasteiger partial charge in [-0.15, -0.1) is 11.3 Å². The van der Waals surface area contributed by atoms with Gasteiger partial charge < -0.3 is 19.3 Å². The van der Waals surface area contributed by atoms with Crippen LogP contribution in [-0.4, -0.2) is 54.5 Å². The van der Waals surface area contributed by atoms with E-state index < -0.39 is 0 Å². The Hall–Kier alpha value is -2.54. The molecule has 1 aromatic heterocycles. The number of hydrogen-bond acceptors (Lipinski definition) is 5. The number of nitrogens with zero attached hydrogens (tertiary/aromatic N) is 2. The van der Waals surface area contributed by atoms with E-state index in [1.165, 1.54) is 4.88 Å². The van der Waals surface area contributed by atoms with Crippen LogP contribution in [-0.2, 0) is 16.0 Å². The summed E-state index contributed by atoms with van der Waals surface area (Å²) in [5.41, 5.74) is 1.15. The number of hydrogen-bond donors (Lipinski definition) is 0. The average Bonchev–Trinajstić information content (AvgIpc) is 3.52. The zero-order chi connectivity index (χ0) is 23.4. The van der Waals surface area contributed by atoms with Crippen LogP contribution in [0.2, 0.25) is 0 Å². The van der Waals surface area contributed by atoms with E-state index in [9.17, 15) is 9.59 Å². The number of ether oxygens (including phenoxy) is 2. The predicted molar refractivity (Wildman–Crippen MR) is 130 cm³/mol. The van der Waals surface area contributed by atoms with E-state index in [-0.39, 0.29) is 36.4 Å². The second-order valence-electron chi connectivity index (χ2n) is 9.18. The second kappa shape index (κ2) is 10.6. The summed E-state index contributed by atoms with van der Waals surface area (Å²) < 4.78 is 11.4. The van der Waals surface area contributed by atoms with Gasteiger partial charge in [0, 0.05) is 29.4 Å². The Balaban J connectivity index is 1.50. The van der Waals surface area contributed by atoms with E-state index in [0.717, 1.165) is 43.4 Å². The summed E-state index contributed by atoms with van der Waals surface area (Å²) in [6, 6.07) is 9.44. The minimum absolute atomic E-state index is 0.00460. The first-order valence-electron chi connectivity index (χ1n) is 11.9. The van der Waals surface area contributed by atoms with Crippen molar-refractivity contribution in [2.45, 2.75) is 58.0 Å². The zero-order valence-corrected chi connectivity index (χ0v) is 20.6. The van der Waals surface area contributed by atoms with Gasteiger partial charge in [-0.1, -0.05) is 18.9 Å². The largest absolute Gasteiger partial charge is 0.497 e. The Kier molecular flexibility index (Phi) is 7.58. The minimum atomic E-state index is -0.172. The van der Waals surface area contributed by atoms with E-state index in [2.05, 4.69) is 11.4 Å². The highest BCUT2D eigenvalue weighted by molar-refractivity contribution is 7.10. The van der Waals surface area contributed by atoms with Crippen LogP contribution in [0.3, 0.4) is 0 Å². The number of rotatable bonds is 8. The third-order valence-corrected chi connectivity index (χ3v) is 7.78. The van der Waals surface area contributed by atoms with Gasteiger partial charge in [0.25, 0.3) is 0 Å². The fraction of sp³-hybridized carbons (Fsp3) is 0.538. The molecule has 1 atom stereocenters. The maximum Gasteiger partial charge on any atom is 0.242 e. The molecular formula is C26H34N2O4S. The molecule has 1 aliphatic heterocycles. The van der Waals surface area contributed by atoms with E-state index in [1.807, 2.05) is 43.0 Å². The molecular weight excluding hydrogens is 436 g/mol. The summed E-state index contributed by atoms with van der Waals surface area (Å²) in [5.74, 6) is 1.64. The first-order chi connectivity index (χ1) is 16.0. The Morgan fingerprint density at radius 1 is 1.18 bits per heavy atom. The Morgan fingerprint density at radius 3 is 2.67 bits per heavy atom. The highest BCUT2D eigenvalue weighted by Gasteiger charge is 2.35. The summed E-state index contributed by atoms with van der Waals surface area (Å²) in [7, 11) is 1.63. The molecule has 0 saturated heterocycles. The number of fused-ring (bicyclic) bond motifs is 1. The fourth-order valence-corrected chi connectivity index (χ4v) is 5.83. The fourth-order valence-electron chi connectivity index (χ4n) is 4.90. The monoisotopic (exact) mass is 470 g/mol. The smallest absolute Gasteiger partial charge is 0.242 e. The molecule has 1 aromatic carbocycles. The van der Waals surface area contributed by atoms with Gasteiger partial charge in [0.1, 0.15) is 24.7 Å². The van der Waals surface area contributed by atoms with Crippen molar-refractivity contribution in [1.29, 1.82) is 0 Å². The van der Waals surface area contributed by atoms with Crippen LogP contribution in [0, 0.1) is 5.92 Å². The van der Waals surface area contributed by atoms with Crippen LogP contribution in [0.25, 0.3) is 0 Å². The predicted octanol–water partition coefficient (Wildman–Crippen LogP) is 4.69. The summed E-state index contributed by atoms with van der Waals surface area (Å²) in [4.78, 5) is 31.7. The van der Waals surface area contributed by atoms with Crippen molar-refractivity contribution in [3.05, 3.63) is 46.2 Å². The van der Waals surface area contributed by atoms with E-state index in [0.29, 0.717) is 18.9 Å². The SMILES string of the molecule is COc1cccc(OC[C@@H]2c3ccsc3CCN2C(=O)CN(C(=O)C2CCCC2)C(C)C)c1. The van der Waals surface area contributed by atoms with E-state index in [1.54, 1.807) is 23.3 Å². The lowest BCUT2D eigenvalue weighted by Gasteiger charge is -2.38. The molecule has 2 heterocycles. The van der Waals surface area contributed by atoms with Crippen LogP contribution in [0.15, 0.2) is 35.7 Å². The Labute approximate surface area is 200 Å². The first kappa shape index (κ1) is 23.6. The highest BCUT2D eigenvalue weighted by Crippen LogP contribution is 2.35. The third-order valence-electron chi connectivity index (χ3n) is 6.78. The third kappa shape index (κ3) is 5.35. The van der Waals surface area contributed by atoms with Gasteiger partial charge in [0.15, 0.2) is 0 Å². The Morgan fingerprint density at radius 2 is 1.94 bits per heavy atom. The van der Waals surface area contributed by atoms with Crippen LogP contribution in [0.1, 0.15) is 56.0 Å². The number of methoxy groups -OCH3 is 1. The van der Waals surface area contributed by atoms with Gasteiger partial charge in [-0.25, -0.2) is 0 Å². The second-order valence-corrected chi connectivity index (χ2v) is 10.2. The normalized spacial score (nSPS) is 18.3. The molecule has 1 fully saturated rings. The van der Waals surface area contributed by atoms with Gasteiger partial charge in [-0.05, 0) is 62.3 Å². The van der Waals surface area contributed by atoms with Crippen LogP contribution in [0.5, 0.6) is 11.5 Å². The number of thiophene rings is 1. The van der Waals surface area contributed by atoms with Gasteiger partial charge in [-0.3, -0.25) is 9.59 Å². The summed E-state index contributed by atoms with van der Waals surface area (Å²) in [5, 5.41) is 2.08. The van der Waals surface area contributed by atoms with Crippen LogP contribution < -0.4 is 9.47 Å². The molecule has 178 valence electrons. The Bertz CT molecular complexity index is 967. The van der Waals surface area contributed by atoms with Gasteiger partial charge in [0.05, 0.1) is 13.2 Å². The average molecular weight is 471 g/mol. The molecule has 2 aliphatic rings. The lowest BCUT2D eigenvalue weighted by molar-refractivity contribution is -0.146.